The van der Waals surface area contributed by atoms with Crippen LogP contribution in [0.2, 0.25) is 5.02 Å². The quantitative estimate of drug-likeness (QED) is 0.689. The first-order valence-corrected chi connectivity index (χ1v) is 9.72. The van der Waals surface area contributed by atoms with Gasteiger partial charge in [0.05, 0.1) is 0 Å². The van der Waals surface area contributed by atoms with Crippen molar-refractivity contribution in [3.05, 3.63) is 29.3 Å². The lowest BCUT2D eigenvalue weighted by Gasteiger charge is -2.27. The van der Waals surface area contributed by atoms with Gasteiger partial charge in [0.25, 0.3) is 0 Å². The van der Waals surface area contributed by atoms with Crippen molar-refractivity contribution in [3.8, 4) is 0 Å². The lowest BCUT2D eigenvalue weighted by Crippen LogP contribution is -2.34. The van der Waals surface area contributed by atoms with Gasteiger partial charge in [0.15, 0.2) is 0 Å². The molecule has 2 fully saturated rings. The van der Waals surface area contributed by atoms with E-state index in [1.54, 1.807) is 0 Å². The van der Waals surface area contributed by atoms with Gasteiger partial charge < -0.3 is 5.32 Å². The molecule has 2 saturated carbocycles. The van der Waals surface area contributed by atoms with Crippen LogP contribution in [0.4, 0.5) is 0 Å². The Balaban J connectivity index is 1.51. The molecule has 21 heavy (non-hydrogen) atoms. The van der Waals surface area contributed by atoms with Crippen LogP contribution in [0.5, 0.6) is 0 Å². The first-order chi connectivity index (χ1) is 10.2. The molecule has 2 aliphatic carbocycles. The van der Waals surface area contributed by atoms with Crippen LogP contribution in [0, 0.1) is 17.8 Å². The van der Waals surface area contributed by atoms with Gasteiger partial charge in [0.1, 0.15) is 0 Å². The molecule has 2 bridgehead atoms. The minimum Gasteiger partial charge on any atom is -0.313 e. The molecule has 1 aromatic carbocycles. The molecule has 0 heterocycles. The molecule has 4 atom stereocenters. The lowest BCUT2D eigenvalue weighted by atomic mass is 9.84. The van der Waals surface area contributed by atoms with E-state index in [1.165, 1.54) is 42.8 Å². The standard InChI is InChI=1S/C18H26ClNS/c1-2-20-17(11-15-10-13-3-4-14(15)9-13)12-21-18-7-5-16(19)6-8-18/h5-8,13-15,17,20H,2-4,9-12H2,1H3. The first-order valence-electron chi connectivity index (χ1n) is 8.36. The van der Waals surface area contributed by atoms with Crippen LogP contribution in [0.25, 0.3) is 0 Å². The second kappa shape index (κ2) is 7.39. The van der Waals surface area contributed by atoms with E-state index in [2.05, 4.69) is 24.4 Å². The van der Waals surface area contributed by atoms with Gasteiger partial charge in [0, 0.05) is 21.7 Å². The molecule has 0 aromatic heterocycles. The summed E-state index contributed by atoms with van der Waals surface area (Å²) in [5, 5.41) is 4.53. The number of fused-ring (bicyclic) bond motifs is 2. The molecule has 3 heteroatoms. The van der Waals surface area contributed by atoms with Gasteiger partial charge in [-0.25, -0.2) is 0 Å². The van der Waals surface area contributed by atoms with Crippen molar-refractivity contribution < 1.29 is 0 Å². The zero-order valence-electron chi connectivity index (χ0n) is 12.9. The van der Waals surface area contributed by atoms with Crippen LogP contribution in [-0.2, 0) is 0 Å². The minimum absolute atomic E-state index is 0.653. The Hall–Kier alpha value is -0.180. The maximum atomic E-state index is 5.95. The fourth-order valence-electron chi connectivity index (χ4n) is 4.26. The maximum Gasteiger partial charge on any atom is 0.0406 e. The summed E-state index contributed by atoms with van der Waals surface area (Å²) < 4.78 is 0. The number of halogens is 1. The van der Waals surface area contributed by atoms with Crippen LogP contribution < -0.4 is 5.32 Å². The SMILES string of the molecule is CCNC(CSc1ccc(Cl)cc1)CC1CC2CCC1C2. The molecule has 116 valence electrons. The Kier molecular flexibility index (Phi) is 5.53. The Morgan fingerprint density at radius 3 is 2.67 bits per heavy atom. The largest absolute Gasteiger partial charge is 0.313 e. The summed E-state index contributed by atoms with van der Waals surface area (Å²) in [4.78, 5) is 1.33. The topological polar surface area (TPSA) is 12.0 Å². The molecular weight excluding hydrogens is 298 g/mol. The summed E-state index contributed by atoms with van der Waals surface area (Å²) >= 11 is 7.91. The average Bonchev–Trinajstić information content (AvgIpc) is 3.09. The third-order valence-corrected chi connectivity index (χ3v) is 6.66. The second-order valence-electron chi connectivity index (χ2n) is 6.69. The molecule has 1 aromatic rings. The molecule has 1 nitrogen and oxygen atoms in total. The Morgan fingerprint density at radius 2 is 2.05 bits per heavy atom. The highest BCUT2D eigenvalue weighted by atomic mass is 35.5. The van der Waals surface area contributed by atoms with Crippen LogP contribution in [0.3, 0.4) is 0 Å². The summed E-state index contributed by atoms with van der Waals surface area (Å²) in [7, 11) is 0. The molecule has 0 saturated heterocycles. The van der Waals surface area contributed by atoms with Crippen molar-refractivity contribution in [2.45, 2.75) is 50.0 Å². The zero-order chi connectivity index (χ0) is 14.7. The molecule has 4 unspecified atom stereocenters. The summed E-state index contributed by atoms with van der Waals surface area (Å²) in [5.41, 5.74) is 0. The summed E-state index contributed by atoms with van der Waals surface area (Å²) in [6.45, 7) is 3.30. The van der Waals surface area contributed by atoms with Gasteiger partial charge in [-0.2, -0.15) is 0 Å². The molecule has 0 radical (unpaired) electrons. The Bertz CT molecular complexity index is 447. The number of rotatable bonds is 7. The van der Waals surface area contributed by atoms with Gasteiger partial charge in [-0.3, -0.25) is 0 Å². The number of benzene rings is 1. The molecule has 0 amide bonds. The molecule has 0 aliphatic heterocycles. The average molecular weight is 324 g/mol. The van der Waals surface area contributed by atoms with E-state index in [4.69, 9.17) is 11.6 Å². The highest BCUT2D eigenvalue weighted by Gasteiger charge is 2.39. The normalized spacial score (nSPS) is 29.0. The van der Waals surface area contributed by atoms with Crippen LogP contribution in [0.1, 0.15) is 39.0 Å². The van der Waals surface area contributed by atoms with Crippen LogP contribution in [0.15, 0.2) is 29.2 Å². The number of nitrogens with one attached hydrogen (secondary N) is 1. The van der Waals surface area contributed by atoms with Crippen molar-refractivity contribution >= 4 is 23.4 Å². The van der Waals surface area contributed by atoms with Gasteiger partial charge >= 0.3 is 0 Å². The third kappa shape index (κ3) is 4.18. The first kappa shape index (κ1) is 15.7. The van der Waals surface area contributed by atoms with E-state index in [0.717, 1.165) is 29.3 Å². The van der Waals surface area contributed by atoms with Crippen molar-refractivity contribution in [2.75, 3.05) is 12.3 Å². The van der Waals surface area contributed by atoms with E-state index in [-0.39, 0.29) is 0 Å². The summed E-state index contributed by atoms with van der Waals surface area (Å²) in [6.07, 6.45) is 7.40. The molecule has 0 spiro atoms. The molecule has 3 rings (SSSR count). The smallest absolute Gasteiger partial charge is 0.0406 e. The van der Waals surface area contributed by atoms with E-state index in [1.807, 2.05) is 23.9 Å². The predicted octanol–water partition coefficient (Wildman–Crippen LogP) is 5.24. The minimum atomic E-state index is 0.653. The predicted molar refractivity (Wildman–Crippen MR) is 93.2 cm³/mol. The highest BCUT2D eigenvalue weighted by molar-refractivity contribution is 7.99. The van der Waals surface area contributed by atoms with Crippen molar-refractivity contribution in [2.24, 2.45) is 17.8 Å². The van der Waals surface area contributed by atoms with Crippen molar-refractivity contribution in [1.29, 1.82) is 0 Å². The highest BCUT2D eigenvalue weighted by Crippen LogP contribution is 2.50. The van der Waals surface area contributed by atoms with Gasteiger partial charge in [-0.1, -0.05) is 24.9 Å². The Morgan fingerprint density at radius 1 is 1.24 bits per heavy atom. The molecule has 2 aliphatic rings. The van der Waals surface area contributed by atoms with Gasteiger partial charge in [-0.05, 0) is 74.2 Å². The second-order valence-corrected chi connectivity index (χ2v) is 8.22. The van der Waals surface area contributed by atoms with E-state index in [9.17, 15) is 0 Å². The summed E-state index contributed by atoms with van der Waals surface area (Å²) in [6, 6.07) is 8.89. The number of hydrogen-bond acceptors (Lipinski definition) is 2. The summed E-state index contributed by atoms with van der Waals surface area (Å²) in [5.74, 6) is 4.25. The van der Waals surface area contributed by atoms with Crippen molar-refractivity contribution in [1.82, 2.24) is 5.32 Å². The molecular formula is C18H26ClNS. The van der Waals surface area contributed by atoms with E-state index in [0.29, 0.717) is 6.04 Å². The Labute approximate surface area is 138 Å². The lowest BCUT2D eigenvalue weighted by molar-refractivity contribution is 0.287. The third-order valence-electron chi connectivity index (χ3n) is 5.23. The number of thioether (sulfide) groups is 1. The maximum absolute atomic E-state index is 5.95. The van der Waals surface area contributed by atoms with E-state index < -0.39 is 0 Å². The zero-order valence-corrected chi connectivity index (χ0v) is 14.4. The van der Waals surface area contributed by atoms with Crippen molar-refractivity contribution in [3.63, 3.8) is 0 Å². The molecule has 1 N–H and O–H groups in total. The fourth-order valence-corrected chi connectivity index (χ4v) is 5.36. The van der Waals surface area contributed by atoms with E-state index >= 15 is 0 Å². The van der Waals surface area contributed by atoms with Crippen LogP contribution >= 0.6 is 23.4 Å². The van der Waals surface area contributed by atoms with Gasteiger partial charge in [-0.15, -0.1) is 11.8 Å². The van der Waals surface area contributed by atoms with Gasteiger partial charge in [0.2, 0.25) is 0 Å². The fraction of sp³-hybridized carbons (Fsp3) is 0.667. The monoisotopic (exact) mass is 323 g/mol. The number of hydrogen-bond donors (Lipinski definition) is 1. The van der Waals surface area contributed by atoms with Crippen LogP contribution in [-0.4, -0.2) is 18.3 Å².